The molecular weight excluding hydrogens is 371 g/mol. The van der Waals surface area contributed by atoms with Crippen molar-refractivity contribution in [2.75, 3.05) is 13.7 Å². The third-order valence-corrected chi connectivity index (χ3v) is 4.51. The van der Waals surface area contributed by atoms with E-state index in [1.165, 1.54) is 6.20 Å². The Kier molecular flexibility index (Phi) is 5.63. The minimum atomic E-state index is -4.92. The third kappa shape index (κ3) is 3.98. The molecule has 2 aromatic carbocycles. The van der Waals surface area contributed by atoms with Crippen LogP contribution in [0, 0.1) is 0 Å². The molecule has 0 atom stereocenters. The molecule has 0 spiro atoms. The maximum absolute atomic E-state index is 13.0. The number of ether oxygens (including phenoxy) is 2. The quantitative estimate of drug-likeness (QED) is 0.530. The van der Waals surface area contributed by atoms with Crippen molar-refractivity contribution >= 4 is 16.7 Å². The van der Waals surface area contributed by atoms with Crippen LogP contribution in [0.2, 0.25) is 0 Å². The van der Waals surface area contributed by atoms with E-state index in [9.17, 15) is 18.0 Å². The summed E-state index contributed by atoms with van der Waals surface area (Å²) in [5.41, 5.74) is 1.17. The zero-order valence-corrected chi connectivity index (χ0v) is 15.5. The molecule has 1 heterocycles. The van der Waals surface area contributed by atoms with Gasteiger partial charge in [-0.05, 0) is 24.1 Å². The van der Waals surface area contributed by atoms with Gasteiger partial charge >= 0.3 is 6.18 Å². The van der Waals surface area contributed by atoms with E-state index in [4.69, 9.17) is 9.47 Å². The zero-order valence-electron chi connectivity index (χ0n) is 15.5. The van der Waals surface area contributed by atoms with Crippen molar-refractivity contribution in [1.29, 1.82) is 0 Å². The Labute approximate surface area is 160 Å². The monoisotopic (exact) mass is 391 g/mol. The number of Topliss-reactive ketones (excluding diaryl/α,β-unsaturated/α-hetero) is 1. The molecular formula is C21H20F3NO3. The van der Waals surface area contributed by atoms with Crippen LogP contribution < -0.4 is 9.47 Å². The van der Waals surface area contributed by atoms with Gasteiger partial charge in [0.15, 0.2) is 0 Å². The smallest absolute Gasteiger partial charge is 0.454 e. The molecule has 0 N–H and O–H groups in total. The fourth-order valence-electron chi connectivity index (χ4n) is 3.19. The van der Waals surface area contributed by atoms with Crippen molar-refractivity contribution in [1.82, 2.24) is 4.57 Å². The lowest BCUT2D eigenvalue weighted by Gasteiger charge is -2.11. The molecule has 0 amide bonds. The molecule has 0 radical (unpaired) electrons. The van der Waals surface area contributed by atoms with Gasteiger partial charge in [-0.15, -0.1) is 0 Å². The number of halogens is 3. The van der Waals surface area contributed by atoms with E-state index in [0.717, 1.165) is 5.56 Å². The van der Waals surface area contributed by atoms with E-state index in [-0.39, 0.29) is 12.2 Å². The summed E-state index contributed by atoms with van der Waals surface area (Å²) in [6.07, 6.45) is -3.01. The molecule has 7 heteroatoms. The first-order valence-corrected chi connectivity index (χ1v) is 8.84. The molecule has 0 saturated heterocycles. The molecule has 3 aromatic rings. The number of methoxy groups -OCH3 is 1. The average molecular weight is 391 g/mol. The third-order valence-electron chi connectivity index (χ3n) is 4.51. The van der Waals surface area contributed by atoms with Crippen molar-refractivity contribution in [3.05, 3.63) is 59.8 Å². The van der Waals surface area contributed by atoms with Crippen molar-refractivity contribution in [2.45, 2.75) is 26.1 Å². The maximum Gasteiger partial charge on any atom is 0.454 e. The number of ketones is 1. The molecule has 0 aliphatic carbocycles. The van der Waals surface area contributed by atoms with Crippen LogP contribution in [0.15, 0.2) is 48.7 Å². The van der Waals surface area contributed by atoms with E-state index >= 15 is 0 Å². The Morgan fingerprint density at radius 1 is 1.11 bits per heavy atom. The highest BCUT2D eigenvalue weighted by Crippen LogP contribution is 2.30. The summed E-state index contributed by atoms with van der Waals surface area (Å²) in [5, 5.41) is 0.308. The van der Waals surface area contributed by atoms with Gasteiger partial charge in [0, 0.05) is 17.6 Å². The number of alkyl halides is 3. The van der Waals surface area contributed by atoms with Gasteiger partial charge in [-0.1, -0.05) is 31.2 Å². The molecule has 0 bridgehead atoms. The Hall–Kier alpha value is -2.96. The number of nitrogens with zero attached hydrogens (tertiary/aromatic N) is 1. The summed E-state index contributed by atoms with van der Waals surface area (Å²) in [5.74, 6) is -0.591. The Morgan fingerprint density at radius 3 is 2.50 bits per heavy atom. The lowest BCUT2D eigenvalue weighted by atomic mass is 10.0. The van der Waals surface area contributed by atoms with E-state index in [2.05, 4.69) is 0 Å². The highest BCUT2D eigenvalue weighted by Gasteiger charge is 2.41. The molecule has 0 unspecified atom stereocenters. The van der Waals surface area contributed by atoms with E-state index in [1.807, 2.05) is 13.0 Å². The standard InChI is InChI=1S/C21H20F3NO3/c1-3-14-6-4-9-17-18(20(26)21(22,23)24)13-25(19(14)17)10-11-28-16-8-5-7-15(12-16)27-2/h4-9,12-13H,3,10-11H2,1-2H3. The van der Waals surface area contributed by atoms with Gasteiger partial charge in [0.1, 0.15) is 18.1 Å². The number of rotatable bonds is 7. The Bertz CT molecular complexity index is 992. The molecule has 0 aliphatic rings. The molecule has 1 aromatic heterocycles. The Morgan fingerprint density at radius 2 is 1.82 bits per heavy atom. The average Bonchev–Trinajstić information content (AvgIpc) is 3.05. The summed E-state index contributed by atoms with van der Waals surface area (Å²) < 4.78 is 51.5. The van der Waals surface area contributed by atoms with Gasteiger partial charge in [-0.25, -0.2) is 0 Å². The first-order valence-electron chi connectivity index (χ1n) is 8.84. The highest BCUT2D eigenvalue weighted by molar-refractivity contribution is 6.11. The van der Waals surface area contributed by atoms with Crippen molar-refractivity contribution < 1.29 is 27.4 Å². The van der Waals surface area contributed by atoms with E-state index in [0.29, 0.717) is 35.4 Å². The number of para-hydroxylation sites is 1. The maximum atomic E-state index is 13.0. The van der Waals surface area contributed by atoms with Crippen LogP contribution in [0.25, 0.3) is 10.9 Å². The number of aryl methyl sites for hydroxylation is 1. The SMILES string of the molecule is CCc1cccc2c(C(=O)C(F)(F)F)cn(CCOc3cccc(OC)c3)c12. The molecule has 3 rings (SSSR count). The predicted octanol–water partition coefficient (Wildman–Crippen LogP) is 5.04. The molecule has 0 fully saturated rings. The van der Waals surface area contributed by atoms with Crippen molar-refractivity contribution in [3.63, 3.8) is 0 Å². The summed E-state index contributed by atoms with van der Waals surface area (Å²) in [4.78, 5) is 11.9. The number of fused-ring (bicyclic) bond motifs is 1. The highest BCUT2D eigenvalue weighted by atomic mass is 19.4. The van der Waals surface area contributed by atoms with Crippen molar-refractivity contribution in [2.24, 2.45) is 0 Å². The largest absolute Gasteiger partial charge is 0.497 e. The van der Waals surface area contributed by atoms with Gasteiger partial charge in [0.05, 0.1) is 24.7 Å². The number of carbonyl (C=O) groups is 1. The van der Waals surface area contributed by atoms with E-state index < -0.39 is 12.0 Å². The molecule has 28 heavy (non-hydrogen) atoms. The summed E-state index contributed by atoms with van der Waals surface area (Å²) >= 11 is 0. The molecule has 148 valence electrons. The second-order valence-electron chi connectivity index (χ2n) is 6.26. The van der Waals surface area contributed by atoms with Crippen LogP contribution in [0.5, 0.6) is 11.5 Å². The second-order valence-corrected chi connectivity index (χ2v) is 6.26. The zero-order chi connectivity index (χ0) is 20.3. The second kappa shape index (κ2) is 7.96. The first-order chi connectivity index (χ1) is 13.3. The predicted molar refractivity (Wildman–Crippen MR) is 100 cm³/mol. The number of carbonyl (C=O) groups excluding carboxylic acids is 1. The molecule has 0 saturated carbocycles. The van der Waals surface area contributed by atoms with Gasteiger partial charge in [0.2, 0.25) is 0 Å². The fraction of sp³-hybridized carbons (Fsp3) is 0.286. The normalized spacial score (nSPS) is 11.6. The topological polar surface area (TPSA) is 40.5 Å². The number of benzene rings is 2. The molecule has 4 nitrogen and oxygen atoms in total. The molecule has 0 aliphatic heterocycles. The van der Waals surface area contributed by atoms with Gasteiger partial charge in [-0.3, -0.25) is 4.79 Å². The van der Waals surface area contributed by atoms with Crippen LogP contribution in [-0.2, 0) is 13.0 Å². The summed E-state index contributed by atoms with van der Waals surface area (Å²) in [6, 6.07) is 12.1. The van der Waals surface area contributed by atoms with Gasteiger partial charge < -0.3 is 14.0 Å². The number of aromatic nitrogens is 1. The first kappa shape index (κ1) is 19.8. The summed E-state index contributed by atoms with van der Waals surface area (Å²) in [6.45, 7) is 2.45. The fourth-order valence-corrected chi connectivity index (χ4v) is 3.19. The van der Waals surface area contributed by atoms with Crippen LogP contribution in [0.3, 0.4) is 0 Å². The van der Waals surface area contributed by atoms with Crippen LogP contribution in [-0.4, -0.2) is 30.2 Å². The van der Waals surface area contributed by atoms with Gasteiger partial charge in [0.25, 0.3) is 5.78 Å². The Balaban J connectivity index is 1.90. The minimum absolute atomic E-state index is 0.231. The summed E-state index contributed by atoms with van der Waals surface area (Å²) in [7, 11) is 1.55. The van der Waals surface area contributed by atoms with E-state index in [1.54, 1.807) is 48.1 Å². The van der Waals surface area contributed by atoms with Crippen LogP contribution in [0.4, 0.5) is 13.2 Å². The lowest BCUT2D eigenvalue weighted by molar-refractivity contribution is -0.0884. The van der Waals surface area contributed by atoms with Crippen molar-refractivity contribution in [3.8, 4) is 11.5 Å². The lowest BCUT2D eigenvalue weighted by Crippen LogP contribution is -2.22. The van der Waals surface area contributed by atoms with Crippen LogP contribution in [0.1, 0.15) is 22.8 Å². The number of hydrogen-bond donors (Lipinski definition) is 0. The number of hydrogen-bond acceptors (Lipinski definition) is 3. The van der Waals surface area contributed by atoms with Gasteiger partial charge in [-0.2, -0.15) is 13.2 Å². The van der Waals surface area contributed by atoms with Crippen LogP contribution >= 0.6 is 0 Å². The minimum Gasteiger partial charge on any atom is -0.497 e.